The van der Waals surface area contributed by atoms with Crippen LogP contribution in [-0.4, -0.2) is 63.9 Å². The Morgan fingerprint density at radius 1 is 0.921 bits per heavy atom. The molecular weight excluding hydrogens is 491 g/mol. The highest BCUT2D eigenvalue weighted by Gasteiger charge is 2.37. The van der Waals surface area contributed by atoms with Crippen LogP contribution in [0.3, 0.4) is 0 Å². The Kier molecular flexibility index (Phi) is 8.63. The van der Waals surface area contributed by atoms with E-state index in [0.29, 0.717) is 11.9 Å². The molecule has 0 bridgehead atoms. The molecule has 0 aromatic carbocycles. The van der Waals surface area contributed by atoms with E-state index in [1.165, 1.54) is 11.6 Å². The van der Waals surface area contributed by atoms with E-state index in [0.717, 1.165) is 103 Å². The highest BCUT2D eigenvalue weighted by molar-refractivity contribution is 5.94. The quantitative estimate of drug-likeness (QED) is 0.492. The number of carbonyl (C=O) groups is 1. The number of hydrogen-bond acceptors (Lipinski definition) is 5. The van der Waals surface area contributed by atoms with E-state index in [9.17, 15) is 18.0 Å². The van der Waals surface area contributed by atoms with Crippen LogP contribution in [0.1, 0.15) is 68.9 Å². The molecule has 0 radical (unpaired) electrons. The molecule has 3 aliphatic rings. The second kappa shape index (κ2) is 12.1. The molecule has 9 heteroatoms. The summed E-state index contributed by atoms with van der Waals surface area (Å²) in [5.74, 6) is 0.338. The number of piperidine rings is 2. The molecule has 2 aromatic heterocycles. The molecule has 4 heterocycles. The number of amides is 1. The Balaban J connectivity index is 1.21. The van der Waals surface area contributed by atoms with Crippen LogP contribution in [0.25, 0.3) is 0 Å². The van der Waals surface area contributed by atoms with Gasteiger partial charge in [0.2, 0.25) is 5.91 Å². The number of alkyl halides is 3. The minimum absolute atomic E-state index is 0.0319. The van der Waals surface area contributed by atoms with E-state index >= 15 is 0 Å². The van der Waals surface area contributed by atoms with E-state index in [1.54, 1.807) is 11.1 Å². The molecule has 1 amide bonds. The van der Waals surface area contributed by atoms with Crippen LogP contribution in [0, 0.1) is 5.92 Å². The van der Waals surface area contributed by atoms with Crippen molar-refractivity contribution < 1.29 is 18.0 Å². The average molecular weight is 530 g/mol. The maximum atomic E-state index is 13.7. The zero-order chi connectivity index (χ0) is 26.5. The molecule has 3 fully saturated rings. The van der Waals surface area contributed by atoms with Crippen molar-refractivity contribution in [1.82, 2.24) is 19.8 Å². The zero-order valence-corrected chi connectivity index (χ0v) is 22.0. The summed E-state index contributed by atoms with van der Waals surface area (Å²) < 4.78 is 39.4. The molecule has 2 aliphatic heterocycles. The van der Waals surface area contributed by atoms with Crippen molar-refractivity contribution in [3.63, 3.8) is 0 Å². The maximum absolute atomic E-state index is 13.7. The normalized spacial score (nSPS) is 21.4. The van der Waals surface area contributed by atoms with Crippen LogP contribution in [0.2, 0.25) is 0 Å². The van der Waals surface area contributed by atoms with Crippen molar-refractivity contribution in [3.8, 4) is 0 Å². The van der Waals surface area contributed by atoms with Crippen LogP contribution in [-0.2, 0) is 17.5 Å². The van der Waals surface area contributed by atoms with Gasteiger partial charge in [-0.05, 0) is 75.4 Å². The number of hydrogen-bond donors (Lipinski definition) is 0. The van der Waals surface area contributed by atoms with Crippen LogP contribution in [0.15, 0.2) is 42.9 Å². The standard InChI is InChI=1S/C29H38F3N5O/c30-29(31,32)24-8-9-27(34-20-24)37(28(38)23-6-2-1-3-7-23)26-12-17-36(18-13-26)25-10-15-35(16-11-25)21-22-5-4-14-33-19-22/h4-5,8-9,14,19-20,23,25-26H,1-3,6-7,10-13,15-18,21H2. The fourth-order valence-corrected chi connectivity index (χ4v) is 6.42. The summed E-state index contributed by atoms with van der Waals surface area (Å²) >= 11 is 0. The predicted molar refractivity (Wildman–Crippen MR) is 140 cm³/mol. The van der Waals surface area contributed by atoms with Gasteiger partial charge in [0.05, 0.1) is 5.56 Å². The third-order valence-corrected chi connectivity index (χ3v) is 8.58. The van der Waals surface area contributed by atoms with Crippen molar-refractivity contribution in [2.75, 3.05) is 31.1 Å². The molecule has 5 rings (SSSR count). The molecule has 6 nitrogen and oxygen atoms in total. The molecule has 1 aliphatic carbocycles. The Morgan fingerprint density at radius 2 is 1.66 bits per heavy atom. The number of pyridine rings is 2. The van der Waals surface area contributed by atoms with Crippen LogP contribution < -0.4 is 4.90 Å². The van der Waals surface area contributed by atoms with Gasteiger partial charge in [0, 0.05) is 56.2 Å². The second-order valence-electron chi connectivity index (χ2n) is 11.1. The third-order valence-electron chi connectivity index (χ3n) is 8.58. The lowest BCUT2D eigenvalue weighted by Crippen LogP contribution is -2.53. The monoisotopic (exact) mass is 529 g/mol. The molecule has 1 saturated carbocycles. The summed E-state index contributed by atoms with van der Waals surface area (Å²) in [6, 6.07) is 7.04. The number of carbonyl (C=O) groups excluding carboxylic acids is 1. The topological polar surface area (TPSA) is 52.6 Å². The Bertz CT molecular complexity index is 1030. The van der Waals surface area contributed by atoms with Gasteiger partial charge in [-0.15, -0.1) is 0 Å². The molecule has 2 aromatic rings. The Labute approximate surface area is 223 Å². The van der Waals surface area contributed by atoms with Crippen molar-refractivity contribution >= 4 is 11.7 Å². The van der Waals surface area contributed by atoms with Gasteiger partial charge in [-0.2, -0.15) is 13.2 Å². The first kappa shape index (κ1) is 27.1. The summed E-state index contributed by atoms with van der Waals surface area (Å²) in [7, 11) is 0. The lowest BCUT2D eigenvalue weighted by molar-refractivity contribution is -0.137. The van der Waals surface area contributed by atoms with Crippen LogP contribution in [0.4, 0.5) is 19.0 Å². The van der Waals surface area contributed by atoms with E-state index in [2.05, 4.69) is 25.8 Å². The minimum Gasteiger partial charge on any atom is -0.300 e. The molecular formula is C29H38F3N5O. The van der Waals surface area contributed by atoms with E-state index in [4.69, 9.17) is 0 Å². The molecule has 0 spiro atoms. The van der Waals surface area contributed by atoms with Crippen molar-refractivity contribution in [3.05, 3.63) is 54.0 Å². The van der Waals surface area contributed by atoms with Gasteiger partial charge in [0.15, 0.2) is 0 Å². The zero-order valence-electron chi connectivity index (χ0n) is 22.0. The van der Waals surface area contributed by atoms with Crippen molar-refractivity contribution in [2.45, 2.75) is 82.6 Å². The SMILES string of the molecule is O=C(C1CCCCC1)N(c1ccc(C(F)(F)F)cn1)C1CCN(C2CCN(Cc3cccnc3)CC2)CC1. The van der Waals surface area contributed by atoms with E-state index < -0.39 is 11.7 Å². The number of rotatable bonds is 6. The van der Waals surface area contributed by atoms with E-state index in [1.807, 2.05) is 12.3 Å². The average Bonchev–Trinajstić information content (AvgIpc) is 2.95. The number of halogens is 3. The third kappa shape index (κ3) is 6.54. The summed E-state index contributed by atoms with van der Waals surface area (Å²) in [4.78, 5) is 28.9. The molecule has 2 saturated heterocycles. The molecule has 0 N–H and O–H groups in total. The van der Waals surface area contributed by atoms with Crippen molar-refractivity contribution in [1.29, 1.82) is 0 Å². The Morgan fingerprint density at radius 3 is 2.26 bits per heavy atom. The molecule has 38 heavy (non-hydrogen) atoms. The predicted octanol–water partition coefficient (Wildman–Crippen LogP) is 5.54. The number of anilines is 1. The van der Waals surface area contributed by atoms with Crippen molar-refractivity contribution in [2.24, 2.45) is 5.92 Å². The van der Waals surface area contributed by atoms with E-state index in [-0.39, 0.29) is 17.9 Å². The molecule has 0 atom stereocenters. The van der Waals surface area contributed by atoms with Gasteiger partial charge >= 0.3 is 6.18 Å². The summed E-state index contributed by atoms with van der Waals surface area (Å²) in [6.45, 7) is 4.84. The number of likely N-dealkylation sites (tertiary alicyclic amines) is 2. The lowest BCUT2D eigenvalue weighted by atomic mass is 9.87. The van der Waals surface area contributed by atoms with Gasteiger partial charge in [0.1, 0.15) is 5.82 Å². The first-order valence-corrected chi connectivity index (χ1v) is 14.1. The molecule has 0 unspecified atom stereocenters. The summed E-state index contributed by atoms with van der Waals surface area (Å²) in [5, 5.41) is 0. The Hall–Kier alpha value is -2.52. The van der Waals surface area contributed by atoms with Gasteiger partial charge in [-0.3, -0.25) is 19.6 Å². The van der Waals surface area contributed by atoms with Crippen LogP contribution in [0.5, 0.6) is 0 Å². The highest BCUT2D eigenvalue weighted by Crippen LogP contribution is 2.34. The lowest BCUT2D eigenvalue weighted by Gasteiger charge is -2.44. The first-order chi connectivity index (χ1) is 18.4. The minimum atomic E-state index is -4.44. The van der Waals surface area contributed by atoms with Crippen LogP contribution >= 0.6 is 0 Å². The largest absolute Gasteiger partial charge is 0.417 e. The fourth-order valence-electron chi connectivity index (χ4n) is 6.42. The smallest absolute Gasteiger partial charge is 0.300 e. The summed E-state index contributed by atoms with van der Waals surface area (Å²) in [6.07, 6.45) is 8.94. The molecule has 206 valence electrons. The number of aromatic nitrogens is 2. The number of nitrogens with zero attached hydrogens (tertiary/aromatic N) is 5. The van der Waals surface area contributed by atoms with Gasteiger partial charge in [-0.25, -0.2) is 4.98 Å². The highest BCUT2D eigenvalue weighted by atomic mass is 19.4. The summed E-state index contributed by atoms with van der Waals surface area (Å²) in [5.41, 5.74) is 0.461. The van der Waals surface area contributed by atoms with Gasteiger partial charge in [0.25, 0.3) is 0 Å². The second-order valence-corrected chi connectivity index (χ2v) is 11.1. The fraction of sp³-hybridized carbons (Fsp3) is 0.621. The van der Waals surface area contributed by atoms with Gasteiger partial charge in [-0.1, -0.05) is 25.3 Å². The first-order valence-electron chi connectivity index (χ1n) is 14.1. The maximum Gasteiger partial charge on any atom is 0.417 e. The van der Waals surface area contributed by atoms with Gasteiger partial charge < -0.3 is 4.90 Å².